The van der Waals surface area contributed by atoms with Crippen LogP contribution in [0.2, 0.25) is 0 Å². The van der Waals surface area contributed by atoms with Gasteiger partial charge in [0.15, 0.2) is 5.82 Å². The normalized spacial score (nSPS) is 23.9. The van der Waals surface area contributed by atoms with Crippen molar-refractivity contribution in [1.29, 1.82) is 0 Å². The van der Waals surface area contributed by atoms with E-state index < -0.39 is 0 Å². The van der Waals surface area contributed by atoms with Gasteiger partial charge in [-0.2, -0.15) is 0 Å². The number of nitrogens with two attached hydrogens (primary N) is 1. The Labute approximate surface area is 118 Å². The number of rotatable bonds is 1. The van der Waals surface area contributed by atoms with Crippen LogP contribution in [0.15, 0.2) is 12.1 Å². The van der Waals surface area contributed by atoms with Crippen LogP contribution in [0.5, 0.6) is 0 Å². The molecule has 0 radical (unpaired) electrons. The van der Waals surface area contributed by atoms with E-state index in [0.717, 1.165) is 37.6 Å². The molecule has 0 saturated carbocycles. The summed E-state index contributed by atoms with van der Waals surface area (Å²) in [4.78, 5) is 20.7. The first-order valence-corrected chi connectivity index (χ1v) is 7.00. The quantitative estimate of drug-likeness (QED) is 0.829. The van der Waals surface area contributed by atoms with Crippen molar-refractivity contribution in [2.24, 2.45) is 0 Å². The number of pyridine rings is 1. The fourth-order valence-corrected chi connectivity index (χ4v) is 3.06. The maximum Gasteiger partial charge on any atom is 0.249 e. The lowest BCUT2D eigenvalue weighted by molar-refractivity contribution is -0.119. The lowest BCUT2D eigenvalue weighted by Gasteiger charge is -2.44. The summed E-state index contributed by atoms with van der Waals surface area (Å²) >= 11 is 0. The average molecular weight is 276 g/mol. The minimum Gasteiger partial charge on any atom is -0.384 e. The van der Waals surface area contributed by atoms with Crippen molar-refractivity contribution < 1.29 is 9.53 Å². The van der Waals surface area contributed by atoms with Crippen molar-refractivity contribution in [2.45, 2.75) is 31.8 Å². The molecule has 2 N–H and O–H groups in total. The van der Waals surface area contributed by atoms with Gasteiger partial charge in [-0.05, 0) is 31.9 Å². The summed E-state index contributed by atoms with van der Waals surface area (Å²) in [6.45, 7) is 3.40. The Hall–Kier alpha value is -1.82. The van der Waals surface area contributed by atoms with Crippen LogP contribution in [-0.4, -0.2) is 43.2 Å². The zero-order chi connectivity index (χ0) is 14.3. The number of carbonyl (C=O) groups is 1. The minimum absolute atomic E-state index is 0.0931. The van der Waals surface area contributed by atoms with E-state index in [9.17, 15) is 4.79 Å². The molecule has 2 aliphatic rings. The number of nitrogen functional groups attached to an aromatic ring is 1. The van der Waals surface area contributed by atoms with E-state index in [-0.39, 0.29) is 18.0 Å². The average Bonchev–Trinajstić information content (AvgIpc) is 2.46. The number of likely N-dealkylation sites (N-methyl/N-ethyl adjacent to an activating group) is 1. The van der Waals surface area contributed by atoms with Gasteiger partial charge in [0.1, 0.15) is 11.9 Å². The first-order valence-electron chi connectivity index (χ1n) is 7.00. The Morgan fingerprint density at radius 2 is 2.05 bits per heavy atom. The van der Waals surface area contributed by atoms with Crippen LogP contribution in [0.4, 0.5) is 17.3 Å². The highest BCUT2D eigenvalue weighted by Gasteiger charge is 2.38. The number of anilines is 3. The minimum atomic E-state index is -0.218. The predicted molar refractivity (Wildman–Crippen MR) is 77.8 cm³/mol. The summed E-state index contributed by atoms with van der Waals surface area (Å²) in [5.41, 5.74) is 6.66. The third kappa shape index (κ3) is 2.00. The van der Waals surface area contributed by atoms with E-state index in [2.05, 4.69) is 9.88 Å². The fraction of sp³-hybridized carbons (Fsp3) is 0.571. The summed E-state index contributed by atoms with van der Waals surface area (Å²) in [6.07, 6.45) is 1.83. The molecule has 3 heterocycles. The number of ether oxygens (including phenoxy) is 1. The van der Waals surface area contributed by atoms with Crippen LogP contribution < -0.4 is 15.5 Å². The molecule has 0 bridgehead atoms. The molecule has 20 heavy (non-hydrogen) atoms. The maximum absolute atomic E-state index is 12.4. The molecule has 1 aromatic heterocycles. The van der Waals surface area contributed by atoms with E-state index in [4.69, 9.17) is 10.5 Å². The molecule has 3 rings (SSSR count). The summed E-state index contributed by atoms with van der Waals surface area (Å²) in [5.74, 6) is 1.39. The molecule has 0 aliphatic carbocycles. The van der Waals surface area contributed by atoms with Crippen LogP contribution in [0.1, 0.15) is 19.8 Å². The van der Waals surface area contributed by atoms with Crippen molar-refractivity contribution in [3.63, 3.8) is 0 Å². The summed E-state index contributed by atoms with van der Waals surface area (Å²) in [6, 6.07) is 3.67. The Kier molecular flexibility index (Phi) is 3.25. The Morgan fingerprint density at radius 3 is 2.75 bits per heavy atom. The van der Waals surface area contributed by atoms with Gasteiger partial charge < -0.3 is 20.3 Å². The van der Waals surface area contributed by atoms with Crippen LogP contribution in [0.25, 0.3) is 0 Å². The SMILES string of the molecule is CC1C(=O)N(C)c2ccc(N)nc2N1C1CCOCC1. The van der Waals surface area contributed by atoms with Crippen LogP contribution in [-0.2, 0) is 9.53 Å². The van der Waals surface area contributed by atoms with Gasteiger partial charge in [0.25, 0.3) is 0 Å². The molecule has 0 spiro atoms. The van der Waals surface area contributed by atoms with Crippen molar-refractivity contribution in [3.05, 3.63) is 12.1 Å². The second kappa shape index (κ2) is 4.94. The monoisotopic (exact) mass is 276 g/mol. The largest absolute Gasteiger partial charge is 0.384 e. The van der Waals surface area contributed by atoms with Crippen LogP contribution in [0.3, 0.4) is 0 Å². The van der Waals surface area contributed by atoms with Gasteiger partial charge in [0, 0.05) is 26.3 Å². The van der Waals surface area contributed by atoms with Gasteiger partial charge in [-0.3, -0.25) is 4.79 Å². The molecule has 1 saturated heterocycles. The number of carbonyl (C=O) groups excluding carboxylic acids is 1. The van der Waals surface area contributed by atoms with Gasteiger partial charge in [-0.15, -0.1) is 0 Å². The second-order valence-electron chi connectivity index (χ2n) is 5.40. The number of amides is 1. The smallest absolute Gasteiger partial charge is 0.249 e. The van der Waals surface area contributed by atoms with Gasteiger partial charge in [0.05, 0.1) is 5.69 Å². The van der Waals surface area contributed by atoms with E-state index in [1.807, 2.05) is 13.0 Å². The zero-order valence-corrected chi connectivity index (χ0v) is 11.9. The summed E-state index contributed by atoms with van der Waals surface area (Å²) < 4.78 is 5.42. The van der Waals surface area contributed by atoms with Crippen LogP contribution in [0, 0.1) is 0 Å². The van der Waals surface area contributed by atoms with Crippen molar-refractivity contribution in [2.75, 3.05) is 35.8 Å². The Balaban J connectivity index is 2.05. The highest BCUT2D eigenvalue weighted by atomic mass is 16.5. The third-order valence-electron chi connectivity index (χ3n) is 4.17. The third-order valence-corrected chi connectivity index (χ3v) is 4.17. The molecule has 6 heteroatoms. The number of nitrogens with zero attached hydrogens (tertiary/aromatic N) is 3. The van der Waals surface area contributed by atoms with Crippen molar-refractivity contribution in [1.82, 2.24) is 4.98 Å². The molecule has 1 aromatic rings. The van der Waals surface area contributed by atoms with E-state index in [0.29, 0.717) is 5.82 Å². The highest BCUT2D eigenvalue weighted by molar-refractivity contribution is 6.04. The van der Waals surface area contributed by atoms with Gasteiger partial charge in [-0.1, -0.05) is 0 Å². The van der Waals surface area contributed by atoms with Crippen molar-refractivity contribution in [3.8, 4) is 0 Å². The first-order chi connectivity index (χ1) is 9.59. The predicted octanol–water partition coefficient (Wildman–Crippen LogP) is 1.01. The zero-order valence-electron chi connectivity index (χ0n) is 11.9. The van der Waals surface area contributed by atoms with Gasteiger partial charge >= 0.3 is 0 Å². The molecule has 0 aromatic carbocycles. The highest BCUT2D eigenvalue weighted by Crippen LogP contribution is 2.37. The molecular formula is C14H20N4O2. The molecule has 1 unspecified atom stereocenters. The number of fused-ring (bicyclic) bond motifs is 1. The van der Waals surface area contributed by atoms with E-state index in [1.54, 1.807) is 18.0 Å². The number of hydrogen-bond acceptors (Lipinski definition) is 5. The molecule has 1 fully saturated rings. The molecule has 2 aliphatic heterocycles. The van der Waals surface area contributed by atoms with E-state index in [1.165, 1.54) is 0 Å². The second-order valence-corrected chi connectivity index (χ2v) is 5.40. The van der Waals surface area contributed by atoms with Crippen molar-refractivity contribution >= 4 is 23.2 Å². The maximum atomic E-state index is 12.4. The Bertz CT molecular complexity index is 528. The number of aromatic nitrogens is 1. The molecule has 6 nitrogen and oxygen atoms in total. The molecule has 1 atom stereocenters. The summed E-state index contributed by atoms with van der Waals surface area (Å²) in [7, 11) is 1.79. The van der Waals surface area contributed by atoms with Crippen LogP contribution >= 0.6 is 0 Å². The number of hydrogen-bond donors (Lipinski definition) is 1. The lowest BCUT2D eigenvalue weighted by atomic mass is 10.0. The topological polar surface area (TPSA) is 71.7 Å². The lowest BCUT2D eigenvalue weighted by Crippen LogP contribution is -2.56. The van der Waals surface area contributed by atoms with Gasteiger partial charge in [0.2, 0.25) is 5.91 Å². The summed E-state index contributed by atoms with van der Waals surface area (Å²) in [5, 5.41) is 0. The standard InChI is InChI=1S/C14H20N4O2/c1-9-14(19)17(2)11-3-4-12(15)16-13(11)18(9)10-5-7-20-8-6-10/h3-4,9-10H,5-8H2,1-2H3,(H2,15,16). The first kappa shape index (κ1) is 13.2. The van der Waals surface area contributed by atoms with E-state index >= 15 is 0 Å². The molecule has 1 amide bonds. The van der Waals surface area contributed by atoms with Gasteiger partial charge in [-0.25, -0.2) is 4.98 Å². The molecule has 108 valence electrons. The molecular weight excluding hydrogens is 256 g/mol. The fourth-order valence-electron chi connectivity index (χ4n) is 3.06. The Morgan fingerprint density at radius 1 is 1.35 bits per heavy atom.